The molecule has 2 atom stereocenters. The molecular weight excluding hydrogens is 400 g/mol. The number of carbonyl (C=O) groups excluding carboxylic acids is 2. The summed E-state index contributed by atoms with van der Waals surface area (Å²) in [6.45, 7) is 5.05. The van der Waals surface area contributed by atoms with E-state index in [1.807, 2.05) is 12.1 Å². The molecule has 0 spiro atoms. The lowest BCUT2D eigenvalue weighted by Gasteiger charge is -2.45. The predicted molar refractivity (Wildman–Crippen MR) is 120 cm³/mol. The number of fused-ring (bicyclic) bond motifs is 1. The molecule has 0 aromatic heterocycles. The van der Waals surface area contributed by atoms with Crippen LogP contribution in [0.3, 0.4) is 0 Å². The van der Waals surface area contributed by atoms with Crippen LogP contribution in [0, 0.1) is 5.92 Å². The molecule has 2 amide bonds. The van der Waals surface area contributed by atoms with Crippen LogP contribution >= 0.6 is 11.6 Å². The molecule has 3 aliphatic rings. The Hall–Kier alpha value is -1.63. The minimum Gasteiger partial charge on any atom is -0.338 e. The molecule has 164 valence electrons. The van der Waals surface area contributed by atoms with Crippen molar-refractivity contribution in [2.24, 2.45) is 5.92 Å². The third-order valence-electron chi connectivity index (χ3n) is 6.90. The van der Waals surface area contributed by atoms with E-state index >= 15 is 0 Å². The van der Waals surface area contributed by atoms with E-state index in [1.165, 1.54) is 32.1 Å². The molecule has 1 N–H and O–H groups in total. The molecule has 0 unspecified atom stereocenters. The first-order chi connectivity index (χ1) is 14.6. The summed E-state index contributed by atoms with van der Waals surface area (Å²) in [5, 5.41) is 3.43. The second kappa shape index (κ2) is 10.1. The topological polar surface area (TPSA) is 55.9 Å². The van der Waals surface area contributed by atoms with Gasteiger partial charge in [0, 0.05) is 38.8 Å². The maximum absolute atomic E-state index is 13.0. The number of anilines is 1. The number of likely N-dealkylation sites (tertiary alicyclic amines) is 1. The number of nitrogens with one attached hydrogen (secondary N) is 1. The smallest absolute Gasteiger partial charge is 0.238 e. The number of amides is 2. The van der Waals surface area contributed by atoms with Crippen LogP contribution in [0.4, 0.5) is 5.69 Å². The number of nitrogens with zero attached hydrogens (tertiary/aromatic N) is 3. The molecule has 2 aliphatic heterocycles. The van der Waals surface area contributed by atoms with Crippen molar-refractivity contribution in [2.75, 3.05) is 51.1 Å². The van der Waals surface area contributed by atoms with Crippen molar-refractivity contribution in [3.8, 4) is 0 Å². The molecule has 6 nitrogen and oxygen atoms in total. The monoisotopic (exact) mass is 432 g/mol. The van der Waals surface area contributed by atoms with Gasteiger partial charge in [0.2, 0.25) is 11.8 Å². The lowest BCUT2D eigenvalue weighted by atomic mass is 9.78. The van der Waals surface area contributed by atoms with E-state index in [0.717, 1.165) is 45.1 Å². The van der Waals surface area contributed by atoms with E-state index < -0.39 is 0 Å². The van der Waals surface area contributed by atoms with Gasteiger partial charge >= 0.3 is 0 Å². The minimum absolute atomic E-state index is 0.0516. The van der Waals surface area contributed by atoms with Gasteiger partial charge in [0.15, 0.2) is 0 Å². The quantitative estimate of drug-likeness (QED) is 0.776. The zero-order valence-corrected chi connectivity index (χ0v) is 18.4. The Balaban J connectivity index is 1.21. The Morgan fingerprint density at radius 2 is 1.57 bits per heavy atom. The van der Waals surface area contributed by atoms with Crippen molar-refractivity contribution < 1.29 is 9.59 Å². The molecule has 2 heterocycles. The van der Waals surface area contributed by atoms with E-state index in [4.69, 9.17) is 11.6 Å². The van der Waals surface area contributed by atoms with E-state index in [2.05, 4.69) is 20.0 Å². The minimum atomic E-state index is -0.0516. The number of benzene rings is 1. The third kappa shape index (κ3) is 5.34. The molecule has 2 saturated heterocycles. The number of carbonyl (C=O) groups is 2. The zero-order chi connectivity index (χ0) is 20.9. The summed E-state index contributed by atoms with van der Waals surface area (Å²) in [4.78, 5) is 31.9. The lowest BCUT2D eigenvalue weighted by Crippen LogP contribution is -2.55. The van der Waals surface area contributed by atoms with E-state index in [-0.39, 0.29) is 5.91 Å². The van der Waals surface area contributed by atoms with Gasteiger partial charge in [-0.05, 0) is 43.7 Å². The van der Waals surface area contributed by atoms with Gasteiger partial charge in [-0.2, -0.15) is 0 Å². The molecule has 0 bridgehead atoms. The standard InChI is InChI=1S/C23H33ClN4O2/c24-19-8-2-3-9-20(19)25-22(29)16-26-12-14-27(15-13-26)17-23(30)28-11-5-7-18-6-1-4-10-21(18)28/h2-3,8-9,18,21H,1,4-7,10-17H2,(H,25,29)/t18-,21+/m0/s1. The predicted octanol–water partition coefficient (Wildman–Crippen LogP) is 3.08. The Kier molecular flexibility index (Phi) is 7.28. The molecular formula is C23H33ClN4O2. The van der Waals surface area contributed by atoms with Gasteiger partial charge in [-0.3, -0.25) is 19.4 Å². The van der Waals surface area contributed by atoms with Crippen LogP contribution in [0.5, 0.6) is 0 Å². The second-order valence-electron chi connectivity index (χ2n) is 8.92. The van der Waals surface area contributed by atoms with Crippen molar-refractivity contribution in [1.82, 2.24) is 14.7 Å². The molecule has 1 aromatic rings. The molecule has 0 radical (unpaired) electrons. The van der Waals surface area contributed by atoms with Crippen molar-refractivity contribution in [3.63, 3.8) is 0 Å². The molecule has 7 heteroatoms. The van der Waals surface area contributed by atoms with E-state index in [9.17, 15) is 9.59 Å². The first-order valence-electron chi connectivity index (χ1n) is 11.4. The highest BCUT2D eigenvalue weighted by atomic mass is 35.5. The van der Waals surface area contributed by atoms with Crippen LogP contribution in [0.15, 0.2) is 24.3 Å². The van der Waals surface area contributed by atoms with Gasteiger partial charge in [0.1, 0.15) is 0 Å². The number of piperazine rings is 1. The maximum Gasteiger partial charge on any atom is 0.238 e. The third-order valence-corrected chi connectivity index (χ3v) is 7.23. The first-order valence-corrected chi connectivity index (χ1v) is 11.8. The molecule has 1 saturated carbocycles. The van der Waals surface area contributed by atoms with Crippen LogP contribution in [-0.4, -0.2) is 78.4 Å². The molecule has 3 fully saturated rings. The summed E-state index contributed by atoms with van der Waals surface area (Å²) in [6, 6.07) is 7.76. The Morgan fingerprint density at radius 3 is 2.33 bits per heavy atom. The second-order valence-corrected chi connectivity index (χ2v) is 9.33. The fourth-order valence-electron chi connectivity index (χ4n) is 5.28. The number of piperidine rings is 1. The van der Waals surface area contributed by atoms with E-state index in [1.54, 1.807) is 12.1 Å². The van der Waals surface area contributed by atoms with Crippen LogP contribution in [0.2, 0.25) is 5.02 Å². The highest BCUT2D eigenvalue weighted by Gasteiger charge is 2.36. The van der Waals surface area contributed by atoms with Crippen LogP contribution in [-0.2, 0) is 9.59 Å². The normalized spacial score (nSPS) is 25.6. The summed E-state index contributed by atoms with van der Waals surface area (Å²) in [5.41, 5.74) is 0.649. The summed E-state index contributed by atoms with van der Waals surface area (Å²) in [7, 11) is 0. The molecule has 30 heavy (non-hydrogen) atoms. The molecule has 1 aliphatic carbocycles. The average molecular weight is 433 g/mol. The fraction of sp³-hybridized carbons (Fsp3) is 0.652. The average Bonchev–Trinajstić information content (AvgIpc) is 2.76. The first kappa shape index (κ1) is 21.6. The number of rotatable bonds is 5. The summed E-state index contributed by atoms with van der Waals surface area (Å²) in [5.74, 6) is 0.978. The zero-order valence-electron chi connectivity index (χ0n) is 17.7. The van der Waals surface area contributed by atoms with Gasteiger partial charge in [-0.1, -0.05) is 36.6 Å². The van der Waals surface area contributed by atoms with Crippen LogP contribution in [0.25, 0.3) is 0 Å². The number of halogens is 1. The van der Waals surface area contributed by atoms with Gasteiger partial charge in [-0.15, -0.1) is 0 Å². The summed E-state index contributed by atoms with van der Waals surface area (Å²) in [6.07, 6.45) is 7.52. The van der Waals surface area contributed by atoms with Crippen molar-refractivity contribution in [3.05, 3.63) is 29.3 Å². The molecule has 1 aromatic carbocycles. The molecule has 4 rings (SSSR count). The maximum atomic E-state index is 13.0. The Bertz CT molecular complexity index is 748. The highest BCUT2D eigenvalue weighted by molar-refractivity contribution is 6.33. The largest absolute Gasteiger partial charge is 0.338 e. The van der Waals surface area contributed by atoms with E-state index in [0.29, 0.717) is 35.7 Å². The van der Waals surface area contributed by atoms with Crippen molar-refractivity contribution in [1.29, 1.82) is 0 Å². The number of para-hydroxylation sites is 1. The SMILES string of the molecule is O=C(CN1CCN(CC(=O)N2CCC[C@@H]3CCCC[C@H]32)CC1)Nc1ccccc1Cl. The van der Waals surface area contributed by atoms with Gasteiger partial charge in [-0.25, -0.2) is 0 Å². The number of hydrogen-bond donors (Lipinski definition) is 1. The van der Waals surface area contributed by atoms with Crippen molar-refractivity contribution >= 4 is 29.1 Å². The van der Waals surface area contributed by atoms with Crippen molar-refractivity contribution in [2.45, 2.75) is 44.6 Å². The number of hydrogen-bond acceptors (Lipinski definition) is 4. The van der Waals surface area contributed by atoms with Gasteiger partial charge in [0.05, 0.1) is 23.8 Å². The van der Waals surface area contributed by atoms with Gasteiger partial charge in [0.25, 0.3) is 0 Å². The Morgan fingerprint density at radius 1 is 0.900 bits per heavy atom. The summed E-state index contributed by atoms with van der Waals surface area (Å²) < 4.78 is 0. The van der Waals surface area contributed by atoms with Crippen LogP contribution < -0.4 is 5.32 Å². The summed E-state index contributed by atoms with van der Waals surface area (Å²) >= 11 is 6.11. The fourth-order valence-corrected chi connectivity index (χ4v) is 5.46. The Labute approximate surface area is 184 Å². The highest BCUT2D eigenvalue weighted by Crippen LogP contribution is 2.35. The van der Waals surface area contributed by atoms with Gasteiger partial charge < -0.3 is 10.2 Å². The lowest BCUT2D eigenvalue weighted by molar-refractivity contribution is -0.139. The van der Waals surface area contributed by atoms with Crippen LogP contribution in [0.1, 0.15) is 38.5 Å².